The van der Waals surface area contributed by atoms with Gasteiger partial charge < -0.3 is 16.2 Å². The zero-order chi connectivity index (χ0) is 23.8. The molecule has 4 N–H and O–H groups in total. The lowest BCUT2D eigenvalue weighted by Crippen LogP contribution is -2.15. The third kappa shape index (κ3) is 4.89. The normalized spacial score (nSPS) is 11.5. The second-order valence-electron chi connectivity index (χ2n) is 8.01. The molecule has 3 aromatic heterocycles. The van der Waals surface area contributed by atoms with Crippen molar-refractivity contribution in [2.24, 2.45) is 12.8 Å². The van der Waals surface area contributed by atoms with Crippen LogP contribution < -0.4 is 11.1 Å². The monoisotopic (exact) mass is 467 g/mol. The first-order valence-electron chi connectivity index (χ1n) is 10.0. The highest BCUT2D eigenvalue weighted by atomic mass is 32.1. The quantitative estimate of drug-likeness (QED) is 0.380. The van der Waals surface area contributed by atoms with Gasteiger partial charge in [-0.05, 0) is 54.1 Å². The van der Waals surface area contributed by atoms with Gasteiger partial charge in [-0.2, -0.15) is 0 Å². The minimum absolute atomic E-state index is 0.227. The Kier molecular flexibility index (Phi) is 5.91. The molecule has 0 spiro atoms. The Labute approximate surface area is 193 Å². The molecule has 0 unspecified atom stereocenters. The maximum Gasteiger partial charge on any atom is 0.251 e. The third-order valence-electron chi connectivity index (χ3n) is 5.03. The van der Waals surface area contributed by atoms with Gasteiger partial charge in [-0.15, -0.1) is 16.4 Å². The number of carbonyl (C=O) groups is 1. The number of aliphatic hydroxyl groups is 1. The predicted octanol–water partition coefficient (Wildman–Crippen LogP) is 3.13. The standard InChI is InChI=1S/C22H22FN7O2S/c1-22(2,32)12-7-8-14(16(23)9-12)17-11-15(20(24)31)21(33-17)26-18-6-4-5-13(25-18)10-19-27-28-29-30(19)3/h4-9,11,32H,10H2,1-3H3,(H2,24,31)(H,25,26). The van der Waals surface area contributed by atoms with Crippen molar-refractivity contribution < 1.29 is 14.3 Å². The van der Waals surface area contributed by atoms with Crippen LogP contribution in [-0.2, 0) is 19.1 Å². The molecular formula is C22H22FN7O2S. The first-order chi connectivity index (χ1) is 15.6. The van der Waals surface area contributed by atoms with Crippen molar-refractivity contribution in [2.45, 2.75) is 25.9 Å². The van der Waals surface area contributed by atoms with Crippen LogP contribution in [0.25, 0.3) is 10.4 Å². The number of amides is 1. The molecule has 0 saturated heterocycles. The van der Waals surface area contributed by atoms with Gasteiger partial charge in [-0.25, -0.2) is 14.1 Å². The Morgan fingerprint density at radius 3 is 2.70 bits per heavy atom. The van der Waals surface area contributed by atoms with E-state index >= 15 is 0 Å². The minimum atomic E-state index is -1.17. The van der Waals surface area contributed by atoms with Gasteiger partial charge in [-0.1, -0.05) is 18.2 Å². The lowest BCUT2D eigenvalue weighted by atomic mass is 9.96. The summed E-state index contributed by atoms with van der Waals surface area (Å²) in [6.07, 6.45) is 0.427. The Morgan fingerprint density at radius 1 is 1.27 bits per heavy atom. The van der Waals surface area contributed by atoms with Crippen LogP contribution in [0.4, 0.5) is 15.2 Å². The molecule has 33 heavy (non-hydrogen) atoms. The molecule has 4 aromatic rings. The van der Waals surface area contributed by atoms with E-state index in [1.54, 1.807) is 49.8 Å². The zero-order valence-corrected chi connectivity index (χ0v) is 19.0. The summed E-state index contributed by atoms with van der Waals surface area (Å²) < 4.78 is 16.4. The summed E-state index contributed by atoms with van der Waals surface area (Å²) in [6.45, 7) is 3.17. The number of thiophene rings is 1. The van der Waals surface area contributed by atoms with Crippen molar-refractivity contribution >= 4 is 28.1 Å². The molecule has 4 rings (SSSR count). The molecule has 170 valence electrons. The average Bonchev–Trinajstić information content (AvgIpc) is 3.34. The van der Waals surface area contributed by atoms with Crippen LogP contribution in [0.5, 0.6) is 0 Å². The molecule has 0 aliphatic heterocycles. The summed E-state index contributed by atoms with van der Waals surface area (Å²) in [7, 11) is 1.75. The molecule has 3 heterocycles. The predicted molar refractivity (Wildman–Crippen MR) is 123 cm³/mol. The van der Waals surface area contributed by atoms with Crippen molar-refractivity contribution in [2.75, 3.05) is 5.32 Å². The van der Waals surface area contributed by atoms with Crippen LogP contribution in [0.15, 0.2) is 42.5 Å². The van der Waals surface area contributed by atoms with E-state index in [1.807, 2.05) is 12.1 Å². The molecule has 1 amide bonds. The van der Waals surface area contributed by atoms with E-state index < -0.39 is 17.3 Å². The van der Waals surface area contributed by atoms with E-state index in [1.165, 1.54) is 17.4 Å². The first kappa shape index (κ1) is 22.5. The number of pyridine rings is 1. The van der Waals surface area contributed by atoms with Gasteiger partial charge in [0.05, 0.1) is 23.3 Å². The second kappa shape index (κ2) is 8.68. The highest BCUT2D eigenvalue weighted by Crippen LogP contribution is 2.38. The van der Waals surface area contributed by atoms with Crippen molar-refractivity contribution in [3.8, 4) is 10.4 Å². The van der Waals surface area contributed by atoms with Crippen molar-refractivity contribution in [1.82, 2.24) is 25.2 Å². The molecule has 1 aromatic carbocycles. The molecule has 0 fully saturated rings. The Balaban J connectivity index is 1.64. The highest BCUT2D eigenvalue weighted by molar-refractivity contribution is 7.19. The summed E-state index contributed by atoms with van der Waals surface area (Å²) in [5.41, 5.74) is 6.11. The topological polar surface area (TPSA) is 132 Å². The lowest BCUT2D eigenvalue weighted by Gasteiger charge is -2.18. The lowest BCUT2D eigenvalue weighted by molar-refractivity contribution is 0.0782. The number of nitrogens with two attached hydrogens (primary N) is 1. The van der Waals surface area contributed by atoms with Gasteiger partial charge in [0.2, 0.25) is 0 Å². The van der Waals surface area contributed by atoms with Crippen molar-refractivity contribution in [3.63, 3.8) is 0 Å². The number of aryl methyl sites for hydroxylation is 1. The number of hydrogen-bond acceptors (Lipinski definition) is 8. The van der Waals surface area contributed by atoms with Crippen LogP contribution >= 0.6 is 11.3 Å². The molecule has 0 radical (unpaired) electrons. The van der Waals surface area contributed by atoms with E-state index in [4.69, 9.17) is 5.73 Å². The first-order valence-corrected chi connectivity index (χ1v) is 10.8. The highest BCUT2D eigenvalue weighted by Gasteiger charge is 2.21. The maximum atomic E-state index is 14.8. The number of hydrogen-bond donors (Lipinski definition) is 3. The van der Waals surface area contributed by atoms with E-state index in [0.717, 1.165) is 5.69 Å². The summed E-state index contributed by atoms with van der Waals surface area (Å²) in [5.74, 6) is 0.00271. The molecular weight excluding hydrogens is 445 g/mol. The number of nitrogens with zero attached hydrogens (tertiary/aromatic N) is 5. The van der Waals surface area contributed by atoms with Crippen molar-refractivity contribution in [1.29, 1.82) is 0 Å². The third-order valence-corrected chi connectivity index (χ3v) is 6.12. The number of rotatable bonds is 7. The molecule has 0 atom stereocenters. The van der Waals surface area contributed by atoms with Gasteiger partial charge in [0.25, 0.3) is 5.91 Å². The summed E-state index contributed by atoms with van der Waals surface area (Å²) in [4.78, 5) is 17.1. The summed E-state index contributed by atoms with van der Waals surface area (Å²) in [6, 6.07) is 11.5. The van der Waals surface area contributed by atoms with Crippen LogP contribution in [0.2, 0.25) is 0 Å². The molecule has 11 heteroatoms. The van der Waals surface area contributed by atoms with Crippen LogP contribution in [0.1, 0.15) is 41.3 Å². The minimum Gasteiger partial charge on any atom is -0.386 e. The van der Waals surface area contributed by atoms with Crippen LogP contribution in [-0.4, -0.2) is 36.2 Å². The largest absolute Gasteiger partial charge is 0.386 e. The van der Waals surface area contributed by atoms with E-state index in [-0.39, 0.29) is 5.56 Å². The Hall–Kier alpha value is -3.70. The van der Waals surface area contributed by atoms with Crippen molar-refractivity contribution in [3.05, 3.63) is 70.9 Å². The van der Waals surface area contributed by atoms with E-state index in [9.17, 15) is 14.3 Å². The summed E-state index contributed by atoms with van der Waals surface area (Å²) >= 11 is 1.19. The molecule has 0 saturated carbocycles. The fourth-order valence-electron chi connectivity index (χ4n) is 3.22. The number of tetrazole rings is 1. The maximum absolute atomic E-state index is 14.8. The van der Waals surface area contributed by atoms with Gasteiger partial charge in [0.15, 0.2) is 5.82 Å². The van der Waals surface area contributed by atoms with E-state index in [0.29, 0.717) is 39.1 Å². The smallest absolute Gasteiger partial charge is 0.251 e. The fourth-order valence-corrected chi connectivity index (χ4v) is 4.32. The number of primary amides is 1. The van der Waals surface area contributed by atoms with Gasteiger partial charge in [-0.3, -0.25) is 4.79 Å². The fraction of sp³-hybridized carbons (Fsp3) is 0.227. The number of benzene rings is 1. The molecule has 0 aliphatic rings. The second-order valence-corrected chi connectivity index (χ2v) is 9.06. The Bertz CT molecular complexity index is 1330. The molecule has 0 aliphatic carbocycles. The number of halogens is 1. The number of carbonyl (C=O) groups excluding carboxylic acids is 1. The van der Waals surface area contributed by atoms with Crippen LogP contribution in [0, 0.1) is 5.82 Å². The average molecular weight is 468 g/mol. The summed E-state index contributed by atoms with van der Waals surface area (Å²) in [5, 5.41) is 25.1. The van der Waals surface area contributed by atoms with Crippen LogP contribution in [0.3, 0.4) is 0 Å². The van der Waals surface area contributed by atoms with Gasteiger partial charge in [0.1, 0.15) is 16.6 Å². The number of aromatic nitrogens is 5. The molecule has 9 nitrogen and oxygen atoms in total. The molecule has 0 bridgehead atoms. The zero-order valence-electron chi connectivity index (χ0n) is 18.2. The number of anilines is 2. The number of nitrogens with one attached hydrogen (secondary N) is 1. The SMILES string of the molecule is Cn1nnnc1Cc1cccc(Nc2sc(-c3ccc(C(C)(C)O)cc3F)cc2C(N)=O)n1. The van der Waals surface area contributed by atoms with E-state index in [2.05, 4.69) is 25.8 Å². The van der Waals surface area contributed by atoms with Gasteiger partial charge in [0, 0.05) is 17.5 Å². The van der Waals surface area contributed by atoms with Gasteiger partial charge >= 0.3 is 0 Å². The Morgan fingerprint density at radius 2 is 2.06 bits per heavy atom.